The summed E-state index contributed by atoms with van der Waals surface area (Å²) in [5.74, 6) is 1.08. The van der Waals surface area contributed by atoms with E-state index in [9.17, 15) is 14.0 Å². The number of carbonyl (C=O) groups excluding carboxylic acids is 2. The Morgan fingerprint density at radius 2 is 1.81 bits per heavy atom. The maximum Gasteiger partial charge on any atom is 0.257 e. The molecule has 1 heterocycles. The molecule has 2 aliphatic rings. The van der Waals surface area contributed by atoms with Gasteiger partial charge in [-0.05, 0) is 68.0 Å². The van der Waals surface area contributed by atoms with Crippen LogP contribution < -0.4 is 10.1 Å². The second kappa shape index (κ2) is 9.50. The first-order valence-corrected chi connectivity index (χ1v) is 11.2. The van der Waals surface area contributed by atoms with E-state index in [4.69, 9.17) is 4.74 Å². The number of anilines is 1. The van der Waals surface area contributed by atoms with Gasteiger partial charge in [-0.2, -0.15) is 0 Å². The van der Waals surface area contributed by atoms with Crippen LogP contribution in [0.15, 0.2) is 42.5 Å². The van der Waals surface area contributed by atoms with Crippen molar-refractivity contribution in [1.29, 1.82) is 0 Å². The van der Waals surface area contributed by atoms with Crippen LogP contribution in [0.4, 0.5) is 10.1 Å². The Labute approximate surface area is 182 Å². The van der Waals surface area contributed by atoms with Crippen molar-refractivity contribution in [2.45, 2.75) is 39.0 Å². The van der Waals surface area contributed by atoms with Gasteiger partial charge < -0.3 is 15.0 Å². The number of nitrogens with zero attached hydrogens (tertiary/aromatic N) is 1. The molecule has 5 nitrogen and oxygen atoms in total. The van der Waals surface area contributed by atoms with E-state index in [0.717, 1.165) is 25.4 Å². The number of hydrogen-bond acceptors (Lipinski definition) is 3. The second-order valence-electron chi connectivity index (χ2n) is 8.45. The summed E-state index contributed by atoms with van der Waals surface area (Å²) in [4.78, 5) is 27.7. The zero-order valence-electron chi connectivity index (χ0n) is 17.9. The first-order valence-electron chi connectivity index (χ1n) is 11.2. The van der Waals surface area contributed by atoms with E-state index in [1.807, 2.05) is 11.8 Å². The molecule has 1 N–H and O–H groups in total. The molecule has 31 heavy (non-hydrogen) atoms. The second-order valence-corrected chi connectivity index (χ2v) is 8.45. The van der Waals surface area contributed by atoms with Crippen LogP contribution >= 0.6 is 0 Å². The predicted molar refractivity (Wildman–Crippen MR) is 118 cm³/mol. The quantitative estimate of drug-likeness (QED) is 0.724. The van der Waals surface area contributed by atoms with Crippen molar-refractivity contribution in [2.24, 2.45) is 11.8 Å². The van der Waals surface area contributed by atoms with Crippen LogP contribution in [0.2, 0.25) is 0 Å². The largest absolute Gasteiger partial charge is 0.493 e. The van der Waals surface area contributed by atoms with E-state index < -0.39 is 5.82 Å². The predicted octanol–water partition coefficient (Wildman–Crippen LogP) is 5.13. The third-order valence-corrected chi connectivity index (χ3v) is 6.45. The monoisotopic (exact) mass is 424 g/mol. The van der Waals surface area contributed by atoms with E-state index in [2.05, 4.69) is 5.32 Å². The smallest absolute Gasteiger partial charge is 0.257 e. The number of nitrogens with one attached hydrogen (secondary N) is 1. The Bertz CT molecular complexity index is 944. The van der Waals surface area contributed by atoms with E-state index in [1.165, 1.54) is 49.9 Å². The fourth-order valence-corrected chi connectivity index (χ4v) is 4.81. The van der Waals surface area contributed by atoms with Gasteiger partial charge in [0.25, 0.3) is 11.8 Å². The molecule has 1 saturated heterocycles. The van der Waals surface area contributed by atoms with Gasteiger partial charge in [0.2, 0.25) is 0 Å². The third kappa shape index (κ3) is 4.89. The molecule has 0 radical (unpaired) electrons. The minimum absolute atomic E-state index is 0.0103. The average molecular weight is 425 g/mol. The number of rotatable bonds is 5. The van der Waals surface area contributed by atoms with Gasteiger partial charge in [-0.15, -0.1) is 0 Å². The summed E-state index contributed by atoms with van der Waals surface area (Å²) in [7, 11) is 0. The highest BCUT2D eigenvalue weighted by Crippen LogP contribution is 2.37. The average Bonchev–Trinajstić information content (AvgIpc) is 2.79. The van der Waals surface area contributed by atoms with Crippen molar-refractivity contribution in [3.8, 4) is 5.75 Å². The molecule has 0 aromatic heterocycles. The Morgan fingerprint density at radius 3 is 2.55 bits per heavy atom. The number of halogens is 1. The van der Waals surface area contributed by atoms with Gasteiger partial charge in [-0.25, -0.2) is 4.39 Å². The minimum Gasteiger partial charge on any atom is -0.493 e. The highest BCUT2D eigenvalue weighted by Gasteiger charge is 2.34. The lowest BCUT2D eigenvalue weighted by Crippen LogP contribution is -2.44. The van der Waals surface area contributed by atoms with Crippen molar-refractivity contribution in [3.05, 3.63) is 59.4 Å². The lowest BCUT2D eigenvalue weighted by molar-refractivity contribution is 0.0517. The van der Waals surface area contributed by atoms with Crippen LogP contribution in [0, 0.1) is 17.7 Å². The zero-order chi connectivity index (χ0) is 21.8. The van der Waals surface area contributed by atoms with Crippen LogP contribution in [-0.4, -0.2) is 36.4 Å². The fourth-order valence-electron chi connectivity index (χ4n) is 4.81. The van der Waals surface area contributed by atoms with Crippen LogP contribution in [-0.2, 0) is 0 Å². The van der Waals surface area contributed by atoms with E-state index in [0.29, 0.717) is 35.1 Å². The molecule has 2 amide bonds. The normalized spacial score (nSPS) is 20.6. The van der Waals surface area contributed by atoms with Gasteiger partial charge in [0.15, 0.2) is 0 Å². The van der Waals surface area contributed by atoms with Gasteiger partial charge in [-0.3, -0.25) is 9.59 Å². The van der Waals surface area contributed by atoms with Crippen molar-refractivity contribution < 1.29 is 18.7 Å². The highest BCUT2D eigenvalue weighted by molar-refractivity contribution is 6.05. The van der Waals surface area contributed by atoms with Crippen molar-refractivity contribution in [3.63, 3.8) is 0 Å². The zero-order valence-corrected chi connectivity index (χ0v) is 17.9. The number of hydrogen-bond donors (Lipinski definition) is 1. The molecule has 0 unspecified atom stereocenters. The molecule has 0 bridgehead atoms. The summed E-state index contributed by atoms with van der Waals surface area (Å²) in [6.45, 7) is 3.89. The molecule has 2 aromatic carbocycles. The maximum atomic E-state index is 13.3. The molecule has 1 saturated carbocycles. The number of piperidine rings is 1. The summed E-state index contributed by atoms with van der Waals surface area (Å²) >= 11 is 0. The molecular formula is C25H29FN2O3. The molecule has 2 aromatic rings. The number of likely N-dealkylation sites (tertiary alicyclic amines) is 1. The van der Waals surface area contributed by atoms with Crippen molar-refractivity contribution >= 4 is 17.5 Å². The van der Waals surface area contributed by atoms with E-state index in [1.54, 1.807) is 18.2 Å². The van der Waals surface area contributed by atoms with Gasteiger partial charge in [0.05, 0.1) is 12.2 Å². The lowest BCUT2D eigenvalue weighted by Gasteiger charge is -2.41. The number of benzene rings is 2. The summed E-state index contributed by atoms with van der Waals surface area (Å²) in [5, 5.41) is 2.79. The van der Waals surface area contributed by atoms with E-state index >= 15 is 0 Å². The first kappa shape index (κ1) is 21.3. The Hall–Kier alpha value is -2.89. The maximum absolute atomic E-state index is 13.3. The lowest BCUT2D eigenvalue weighted by atomic mass is 9.75. The number of ether oxygens (including phenoxy) is 1. The molecule has 164 valence electrons. The highest BCUT2D eigenvalue weighted by atomic mass is 19.1. The number of fused-ring (bicyclic) bond motifs is 1. The first-order chi connectivity index (χ1) is 15.0. The van der Waals surface area contributed by atoms with Gasteiger partial charge in [-0.1, -0.05) is 19.3 Å². The van der Waals surface area contributed by atoms with Gasteiger partial charge in [0, 0.05) is 30.4 Å². The van der Waals surface area contributed by atoms with E-state index in [-0.39, 0.29) is 11.8 Å². The van der Waals surface area contributed by atoms with Crippen molar-refractivity contribution in [2.75, 3.05) is 25.0 Å². The third-order valence-electron chi connectivity index (χ3n) is 6.45. The molecule has 2 atom stereocenters. The van der Waals surface area contributed by atoms with Crippen LogP contribution in [0.5, 0.6) is 5.75 Å². The molecular weight excluding hydrogens is 395 g/mol. The van der Waals surface area contributed by atoms with Crippen LogP contribution in [0.25, 0.3) is 0 Å². The molecule has 1 aliphatic heterocycles. The SMILES string of the molecule is CCOc1cc(NC(=O)c2ccc(F)cc2)ccc1C(=O)N1CC[C@@H]2CCCC[C@H]2C1. The summed E-state index contributed by atoms with van der Waals surface area (Å²) in [5.41, 5.74) is 1.41. The number of amides is 2. The van der Waals surface area contributed by atoms with Crippen LogP contribution in [0.1, 0.15) is 59.7 Å². The molecule has 4 rings (SSSR count). The molecule has 2 fully saturated rings. The number of carbonyl (C=O) groups is 2. The van der Waals surface area contributed by atoms with Gasteiger partial charge >= 0.3 is 0 Å². The molecule has 0 spiro atoms. The Morgan fingerprint density at radius 1 is 1.06 bits per heavy atom. The summed E-state index contributed by atoms with van der Waals surface area (Å²) in [6, 6.07) is 10.5. The van der Waals surface area contributed by atoms with Crippen molar-refractivity contribution in [1.82, 2.24) is 4.90 Å². The molecule has 1 aliphatic carbocycles. The Balaban J connectivity index is 1.49. The topological polar surface area (TPSA) is 58.6 Å². The fraction of sp³-hybridized carbons (Fsp3) is 0.440. The standard InChI is InChI=1S/C25H29FN2O3/c1-2-31-23-15-21(27-24(29)18-7-9-20(26)10-8-18)11-12-22(23)25(30)28-14-13-17-5-3-4-6-19(17)16-28/h7-12,15,17,19H,2-6,13-14,16H2,1H3,(H,27,29)/t17-,19-/m0/s1. The van der Waals surface area contributed by atoms with Crippen LogP contribution in [0.3, 0.4) is 0 Å². The summed E-state index contributed by atoms with van der Waals surface area (Å²) < 4.78 is 18.8. The Kier molecular flexibility index (Phi) is 6.54. The minimum atomic E-state index is -0.393. The summed E-state index contributed by atoms with van der Waals surface area (Å²) in [6.07, 6.45) is 6.15. The van der Waals surface area contributed by atoms with Gasteiger partial charge in [0.1, 0.15) is 11.6 Å². The molecule has 6 heteroatoms.